The average molecular weight is 323 g/mol. The summed E-state index contributed by atoms with van der Waals surface area (Å²) in [6, 6.07) is 8.71. The molecule has 1 aromatic heterocycles. The highest BCUT2D eigenvalue weighted by Crippen LogP contribution is 2.14. The number of nitrogens with zero attached hydrogens (tertiary/aromatic N) is 1. The van der Waals surface area contributed by atoms with Gasteiger partial charge in [0.15, 0.2) is 6.61 Å². The van der Waals surface area contributed by atoms with Gasteiger partial charge in [-0.3, -0.25) is 9.59 Å². The van der Waals surface area contributed by atoms with Gasteiger partial charge < -0.3 is 15.3 Å². The van der Waals surface area contributed by atoms with Crippen molar-refractivity contribution in [3.8, 4) is 0 Å². The van der Waals surface area contributed by atoms with Crippen molar-refractivity contribution in [2.45, 2.75) is 0 Å². The van der Waals surface area contributed by atoms with E-state index in [1.807, 2.05) is 0 Å². The van der Waals surface area contributed by atoms with Crippen LogP contribution in [0.4, 0.5) is 5.69 Å². The summed E-state index contributed by atoms with van der Waals surface area (Å²) in [5.74, 6) is -1.73. The molecule has 0 radical (unpaired) electrons. The monoisotopic (exact) mass is 322 g/mol. The number of pyridine rings is 1. The fourth-order valence-electron chi connectivity index (χ4n) is 1.59. The van der Waals surface area contributed by atoms with E-state index in [0.717, 1.165) is 18.3 Å². The van der Waals surface area contributed by atoms with Gasteiger partial charge in [0.2, 0.25) is 0 Å². The molecule has 114 valence electrons. The molecule has 2 N–H and O–H groups in total. The molecule has 0 spiro atoms. The lowest BCUT2D eigenvalue weighted by molar-refractivity contribution is -0.120. The molecular weight excluding hydrogens is 312 g/mol. The van der Waals surface area contributed by atoms with Crippen LogP contribution >= 0.6 is 11.6 Å². The Hall–Kier alpha value is -2.80. The Kier molecular flexibility index (Phi) is 4.80. The third kappa shape index (κ3) is 4.10. The lowest BCUT2D eigenvalue weighted by Gasteiger charge is -2.09. The van der Waals surface area contributed by atoms with E-state index in [-0.39, 0.29) is 5.56 Å². The first kappa shape index (κ1) is 15.6. The highest BCUT2D eigenvalue weighted by atomic mass is 35.5. The molecule has 2 rings (SSSR count). The zero-order chi connectivity index (χ0) is 16.1. The molecule has 8 heteroatoms. The molecule has 0 fully saturated rings. The van der Waals surface area contributed by atoms with Crippen LogP contribution in [0, 0.1) is 0 Å². The van der Waals surface area contributed by atoms with Crippen LogP contribution < -0.4 is 15.7 Å². The van der Waals surface area contributed by atoms with Crippen molar-refractivity contribution in [1.82, 2.24) is 4.73 Å². The Balaban J connectivity index is 2.01. The molecule has 1 heterocycles. The Morgan fingerprint density at radius 1 is 1.27 bits per heavy atom. The number of aromatic carboxylic acids is 1. The first-order valence-corrected chi connectivity index (χ1v) is 6.48. The van der Waals surface area contributed by atoms with E-state index >= 15 is 0 Å². The van der Waals surface area contributed by atoms with Crippen LogP contribution in [0.5, 0.6) is 0 Å². The summed E-state index contributed by atoms with van der Waals surface area (Å²) < 4.78 is 0.695. The lowest BCUT2D eigenvalue weighted by Crippen LogP contribution is -2.32. The molecule has 1 aromatic carbocycles. The molecule has 2 aromatic rings. The van der Waals surface area contributed by atoms with Crippen molar-refractivity contribution in [2.24, 2.45) is 0 Å². The maximum absolute atomic E-state index is 11.7. The van der Waals surface area contributed by atoms with Gasteiger partial charge in [0.05, 0.1) is 11.8 Å². The summed E-state index contributed by atoms with van der Waals surface area (Å²) in [4.78, 5) is 39.0. The second-order valence-corrected chi connectivity index (χ2v) is 4.66. The number of carbonyl (C=O) groups excluding carboxylic acids is 1. The van der Waals surface area contributed by atoms with Gasteiger partial charge in [-0.2, -0.15) is 4.73 Å². The number of nitrogens with one attached hydrogen (secondary N) is 1. The number of carboxylic acids is 1. The number of aromatic nitrogens is 1. The minimum Gasteiger partial charge on any atom is -0.478 e. The standard InChI is InChI=1S/C14H11ClN2O5/c15-10-2-1-3-11(6-10)16-12(18)8-22-17-7-9(14(20)21)4-5-13(17)19/h1-7H,8H2,(H,16,18)(H,20,21). The molecule has 0 aliphatic heterocycles. The first-order chi connectivity index (χ1) is 10.5. The summed E-state index contributed by atoms with van der Waals surface area (Å²) in [5.41, 5.74) is -0.233. The minimum absolute atomic E-state index is 0.130. The first-order valence-electron chi connectivity index (χ1n) is 6.10. The maximum Gasteiger partial charge on any atom is 0.337 e. The second-order valence-electron chi connectivity index (χ2n) is 4.22. The van der Waals surface area contributed by atoms with Crippen molar-refractivity contribution in [3.63, 3.8) is 0 Å². The summed E-state index contributed by atoms with van der Waals surface area (Å²) in [7, 11) is 0. The molecule has 0 atom stereocenters. The van der Waals surface area contributed by atoms with Crippen LogP contribution in [-0.2, 0) is 4.79 Å². The molecule has 0 saturated carbocycles. The highest BCUT2D eigenvalue weighted by Gasteiger charge is 2.08. The Bertz CT molecular complexity index is 772. The zero-order valence-electron chi connectivity index (χ0n) is 11.2. The predicted octanol–water partition coefficient (Wildman–Crippen LogP) is 1.27. The van der Waals surface area contributed by atoms with Gasteiger partial charge in [0.25, 0.3) is 11.5 Å². The molecule has 0 unspecified atom stereocenters. The van der Waals surface area contributed by atoms with Gasteiger partial charge in [-0.05, 0) is 24.3 Å². The van der Waals surface area contributed by atoms with E-state index in [4.69, 9.17) is 21.5 Å². The van der Waals surface area contributed by atoms with Crippen molar-refractivity contribution >= 4 is 29.2 Å². The summed E-state index contributed by atoms with van der Waals surface area (Å²) in [6.07, 6.45) is 0.997. The van der Waals surface area contributed by atoms with E-state index in [1.54, 1.807) is 24.3 Å². The molecule has 1 amide bonds. The van der Waals surface area contributed by atoms with Crippen LogP contribution in [0.3, 0.4) is 0 Å². The van der Waals surface area contributed by atoms with E-state index < -0.39 is 24.0 Å². The van der Waals surface area contributed by atoms with Crippen molar-refractivity contribution in [1.29, 1.82) is 0 Å². The largest absolute Gasteiger partial charge is 0.478 e. The van der Waals surface area contributed by atoms with Gasteiger partial charge in [-0.1, -0.05) is 17.7 Å². The van der Waals surface area contributed by atoms with E-state index in [9.17, 15) is 14.4 Å². The maximum atomic E-state index is 11.7. The molecular formula is C14H11ClN2O5. The van der Waals surface area contributed by atoms with Gasteiger partial charge >= 0.3 is 5.97 Å². The van der Waals surface area contributed by atoms with Gasteiger partial charge in [0.1, 0.15) is 0 Å². The Labute approximate surface area is 129 Å². The minimum atomic E-state index is -1.21. The SMILES string of the molecule is O=C(COn1cc(C(=O)O)ccc1=O)Nc1cccc(Cl)c1. The van der Waals surface area contributed by atoms with E-state index in [1.165, 1.54) is 0 Å². The smallest absolute Gasteiger partial charge is 0.337 e. The second kappa shape index (κ2) is 6.77. The van der Waals surface area contributed by atoms with Crippen LogP contribution in [0.2, 0.25) is 5.02 Å². The Morgan fingerprint density at radius 2 is 2.05 bits per heavy atom. The van der Waals surface area contributed by atoms with Crippen LogP contribution in [0.15, 0.2) is 47.4 Å². The van der Waals surface area contributed by atoms with Crippen LogP contribution in [-0.4, -0.2) is 28.3 Å². The van der Waals surface area contributed by atoms with Gasteiger partial charge in [-0.15, -0.1) is 0 Å². The summed E-state index contributed by atoms with van der Waals surface area (Å²) in [5, 5.41) is 11.8. The number of benzene rings is 1. The van der Waals surface area contributed by atoms with Crippen LogP contribution in [0.1, 0.15) is 10.4 Å². The molecule has 7 nitrogen and oxygen atoms in total. The predicted molar refractivity (Wildman–Crippen MR) is 79.2 cm³/mol. The molecule has 0 saturated heterocycles. The fraction of sp³-hybridized carbons (Fsp3) is 0.0714. The molecule has 22 heavy (non-hydrogen) atoms. The van der Waals surface area contributed by atoms with Gasteiger partial charge in [0, 0.05) is 16.8 Å². The molecule has 0 bridgehead atoms. The van der Waals surface area contributed by atoms with Gasteiger partial charge in [-0.25, -0.2) is 4.79 Å². The number of amides is 1. The van der Waals surface area contributed by atoms with E-state index in [0.29, 0.717) is 15.4 Å². The third-order valence-corrected chi connectivity index (χ3v) is 2.80. The van der Waals surface area contributed by atoms with Crippen LogP contribution in [0.25, 0.3) is 0 Å². The molecule has 0 aliphatic rings. The average Bonchev–Trinajstić information content (AvgIpc) is 2.46. The number of carbonyl (C=O) groups is 2. The number of anilines is 1. The number of hydrogen-bond donors (Lipinski definition) is 2. The number of hydrogen-bond acceptors (Lipinski definition) is 4. The van der Waals surface area contributed by atoms with Crippen molar-refractivity contribution < 1.29 is 19.5 Å². The number of rotatable bonds is 5. The Morgan fingerprint density at radius 3 is 2.73 bits per heavy atom. The highest BCUT2D eigenvalue weighted by molar-refractivity contribution is 6.30. The summed E-state index contributed by atoms with van der Waals surface area (Å²) in [6.45, 7) is -0.463. The normalized spacial score (nSPS) is 10.0. The summed E-state index contributed by atoms with van der Waals surface area (Å²) >= 11 is 5.79. The lowest BCUT2D eigenvalue weighted by atomic mass is 10.3. The third-order valence-electron chi connectivity index (χ3n) is 2.57. The quantitative estimate of drug-likeness (QED) is 0.864. The number of carboxylic acid groups (broad SMARTS) is 1. The van der Waals surface area contributed by atoms with E-state index in [2.05, 4.69) is 5.32 Å². The number of halogens is 1. The van der Waals surface area contributed by atoms with Crippen molar-refractivity contribution in [2.75, 3.05) is 11.9 Å². The topological polar surface area (TPSA) is 97.6 Å². The fourth-order valence-corrected chi connectivity index (χ4v) is 1.78. The zero-order valence-corrected chi connectivity index (χ0v) is 11.9. The molecule has 0 aliphatic carbocycles. The van der Waals surface area contributed by atoms with Crippen molar-refractivity contribution in [3.05, 3.63) is 63.5 Å².